The Hall–Kier alpha value is -0.170. The molecule has 0 aliphatic rings. The van der Waals surface area contributed by atoms with Gasteiger partial charge in [-0.1, -0.05) is 11.8 Å². The highest BCUT2D eigenvalue weighted by molar-refractivity contribution is 8.13. The smallest absolute Gasteiger partial charge is 0.320 e. The number of amidine groups is 1. The molecule has 0 spiro atoms. The molecule has 0 aliphatic heterocycles. The minimum absolute atomic E-state index is 0. The lowest BCUT2D eigenvalue weighted by molar-refractivity contribution is -0.138. The van der Waals surface area contributed by atoms with E-state index in [4.69, 9.17) is 16.6 Å². The van der Waals surface area contributed by atoms with Gasteiger partial charge in [0.2, 0.25) is 0 Å². The summed E-state index contributed by atoms with van der Waals surface area (Å²) >= 11 is 1.40. The zero-order valence-electron chi connectivity index (χ0n) is 9.09. The van der Waals surface area contributed by atoms with Crippen LogP contribution in [-0.4, -0.2) is 35.1 Å². The monoisotopic (exact) mass is 291 g/mol. The van der Waals surface area contributed by atoms with E-state index in [-0.39, 0.29) is 24.8 Å². The second-order valence-corrected chi connectivity index (χ2v) is 3.69. The number of carboxylic acids is 1. The summed E-state index contributed by atoms with van der Waals surface area (Å²) in [5.74, 6) is -0.947. The molecule has 98 valence electrons. The van der Waals surface area contributed by atoms with Crippen LogP contribution >= 0.6 is 36.6 Å². The second-order valence-electron chi connectivity index (χ2n) is 2.86. The van der Waals surface area contributed by atoms with Crippen LogP contribution in [0.2, 0.25) is 0 Å². The molecule has 0 amide bonds. The molecule has 0 saturated heterocycles. The van der Waals surface area contributed by atoms with Crippen LogP contribution in [0.3, 0.4) is 0 Å². The zero-order chi connectivity index (χ0) is 11.0. The fourth-order valence-corrected chi connectivity index (χ4v) is 1.07. The summed E-state index contributed by atoms with van der Waals surface area (Å²) in [6.45, 7) is 0.638. The molecule has 5 nitrogen and oxygen atoms in total. The van der Waals surface area contributed by atoms with Crippen molar-refractivity contribution in [3.8, 4) is 0 Å². The van der Waals surface area contributed by atoms with Crippen molar-refractivity contribution >= 4 is 47.7 Å². The van der Waals surface area contributed by atoms with Gasteiger partial charge in [0.05, 0.1) is 0 Å². The fourth-order valence-electron chi connectivity index (χ4n) is 0.853. The van der Waals surface area contributed by atoms with Crippen molar-refractivity contribution in [1.29, 1.82) is 0 Å². The number of nitrogens with two attached hydrogens (primary N) is 2. The standard InChI is InChI=1S/C8H17N3O2S.2ClH/c1-14-8(10)11-5-3-2-4-6(9)7(12)13;;/h6H,2-5,9H2,1H3,(H2,10,11)(H,12,13);2*1H/t6-;;/m0../s1. The van der Waals surface area contributed by atoms with Crippen molar-refractivity contribution in [2.75, 3.05) is 12.8 Å². The van der Waals surface area contributed by atoms with Gasteiger partial charge in [0.1, 0.15) is 6.04 Å². The van der Waals surface area contributed by atoms with Crippen molar-refractivity contribution in [3.63, 3.8) is 0 Å². The summed E-state index contributed by atoms with van der Waals surface area (Å²) < 4.78 is 0. The van der Waals surface area contributed by atoms with Crippen LogP contribution in [0.15, 0.2) is 4.99 Å². The third kappa shape index (κ3) is 11.9. The normalized spacial score (nSPS) is 12.2. The number of hydrogen-bond acceptors (Lipinski definition) is 4. The van der Waals surface area contributed by atoms with E-state index in [1.54, 1.807) is 0 Å². The minimum Gasteiger partial charge on any atom is -0.480 e. The highest BCUT2D eigenvalue weighted by Crippen LogP contribution is 2.00. The quantitative estimate of drug-likeness (QED) is 0.386. The first-order valence-corrected chi connectivity index (χ1v) is 5.62. The Morgan fingerprint density at radius 3 is 2.44 bits per heavy atom. The van der Waals surface area contributed by atoms with Crippen molar-refractivity contribution in [3.05, 3.63) is 0 Å². The largest absolute Gasteiger partial charge is 0.480 e. The number of aliphatic imine (C=N–C) groups is 1. The van der Waals surface area contributed by atoms with E-state index in [0.29, 0.717) is 18.1 Å². The second kappa shape index (κ2) is 12.9. The number of thioether (sulfide) groups is 1. The van der Waals surface area contributed by atoms with Gasteiger partial charge in [-0.15, -0.1) is 24.8 Å². The average Bonchev–Trinajstić information content (AvgIpc) is 2.16. The lowest BCUT2D eigenvalue weighted by Crippen LogP contribution is -2.29. The van der Waals surface area contributed by atoms with Gasteiger partial charge in [0.25, 0.3) is 0 Å². The van der Waals surface area contributed by atoms with Crippen LogP contribution in [0.1, 0.15) is 19.3 Å². The van der Waals surface area contributed by atoms with Gasteiger partial charge in [-0.3, -0.25) is 9.79 Å². The lowest BCUT2D eigenvalue weighted by atomic mass is 10.1. The molecule has 16 heavy (non-hydrogen) atoms. The van der Waals surface area contributed by atoms with Gasteiger partial charge in [0, 0.05) is 6.54 Å². The Bertz CT molecular complexity index is 217. The molecule has 0 unspecified atom stereocenters. The first kappa shape index (κ1) is 21.1. The topological polar surface area (TPSA) is 102 Å². The van der Waals surface area contributed by atoms with Crippen molar-refractivity contribution in [1.82, 2.24) is 0 Å². The summed E-state index contributed by atoms with van der Waals surface area (Å²) in [4.78, 5) is 14.4. The van der Waals surface area contributed by atoms with Gasteiger partial charge in [-0.25, -0.2) is 0 Å². The molecule has 0 fully saturated rings. The van der Waals surface area contributed by atoms with Crippen molar-refractivity contribution < 1.29 is 9.90 Å². The maximum absolute atomic E-state index is 10.3. The molecule has 1 atom stereocenters. The number of carboxylic acid groups (broad SMARTS) is 1. The summed E-state index contributed by atoms with van der Waals surface area (Å²) in [7, 11) is 0. The summed E-state index contributed by atoms with van der Waals surface area (Å²) in [5, 5.41) is 9.05. The van der Waals surface area contributed by atoms with Gasteiger partial charge in [0.15, 0.2) is 5.17 Å². The van der Waals surface area contributed by atoms with Crippen molar-refractivity contribution in [2.24, 2.45) is 16.5 Å². The van der Waals surface area contributed by atoms with E-state index in [9.17, 15) is 4.79 Å². The van der Waals surface area contributed by atoms with Gasteiger partial charge in [-0.05, 0) is 25.5 Å². The molecule has 0 aromatic carbocycles. The van der Waals surface area contributed by atoms with E-state index in [1.807, 2.05) is 6.26 Å². The number of unbranched alkanes of at least 4 members (excludes halogenated alkanes) is 1. The Labute approximate surface area is 112 Å². The third-order valence-electron chi connectivity index (χ3n) is 1.72. The van der Waals surface area contributed by atoms with E-state index < -0.39 is 12.0 Å². The number of aliphatic carboxylic acids is 1. The first-order valence-electron chi connectivity index (χ1n) is 4.40. The molecule has 0 heterocycles. The number of hydrogen-bond donors (Lipinski definition) is 3. The molecule has 5 N–H and O–H groups in total. The molecule has 0 bridgehead atoms. The highest BCUT2D eigenvalue weighted by atomic mass is 35.5. The predicted octanol–water partition coefficient (Wildman–Crippen LogP) is 1.09. The maximum Gasteiger partial charge on any atom is 0.320 e. The summed E-state index contributed by atoms with van der Waals surface area (Å²) in [5.41, 5.74) is 10.8. The number of rotatable bonds is 6. The van der Waals surface area contributed by atoms with Gasteiger partial charge >= 0.3 is 5.97 Å². The lowest BCUT2D eigenvalue weighted by Gasteiger charge is -2.04. The Morgan fingerprint density at radius 1 is 1.44 bits per heavy atom. The molecule has 0 aliphatic carbocycles. The Kier molecular flexibility index (Phi) is 17.0. The van der Waals surface area contributed by atoms with Crippen LogP contribution < -0.4 is 11.5 Å². The number of carbonyl (C=O) groups is 1. The number of nitrogens with zero attached hydrogens (tertiary/aromatic N) is 1. The molecular weight excluding hydrogens is 273 g/mol. The van der Waals surface area contributed by atoms with Gasteiger partial charge < -0.3 is 16.6 Å². The predicted molar refractivity (Wildman–Crippen MR) is 74.0 cm³/mol. The SMILES string of the molecule is CSC(N)=NCCCC[C@H](N)C(=O)O.Cl.Cl. The van der Waals surface area contributed by atoms with Crippen LogP contribution in [0.25, 0.3) is 0 Å². The fraction of sp³-hybridized carbons (Fsp3) is 0.750. The Morgan fingerprint density at radius 2 is 2.00 bits per heavy atom. The third-order valence-corrected chi connectivity index (χ3v) is 2.26. The maximum atomic E-state index is 10.3. The van der Waals surface area contributed by atoms with Crippen LogP contribution in [-0.2, 0) is 4.79 Å². The minimum atomic E-state index is -0.947. The summed E-state index contributed by atoms with van der Waals surface area (Å²) in [6, 6.07) is -0.753. The highest BCUT2D eigenvalue weighted by Gasteiger charge is 2.09. The molecule has 0 aromatic heterocycles. The average molecular weight is 292 g/mol. The van der Waals surface area contributed by atoms with E-state index in [2.05, 4.69) is 4.99 Å². The van der Waals surface area contributed by atoms with Crippen molar-refractivity contribution in [2.45, 2.75) is 25.3 Å². The van der Waals surface area contributed by atoms with E-state index in [0.717, 1.165) is 12.8 Å². The zero-order valence-corrected chi connectivity index (χ0v) is 11.5. The molecule has 8 heteroatoms. The van der Waals surface area contributed by atoms with E-state index in [1.165, 1.54) is 11.8 Å². The molecule has 0 aromatic rings. The molecular formula is C8H19Cl2N3O2S. The molecule has 0 rings (SSSR count). The Balaban J connectivity index is -0.000000845. The van der Waals surface area contributed by atoms with Crippen LogP contribution in [0, 0.1) is 0 Å². The van der Waals surface area contributed by atoms with E-state index >= 15 is 0 Å². The van der Waals surface area contributed by atoms with Crippen LogP contribution in [0.4, 0.5) is 0 Å². The van der Waals surface area contributed by atoms with Crippen LogP contribution in [0.5, 0.6) is 0 Å². The molecule has 0 saturated carbocycles. The first-order chi connectivity index (χ1) is 6.57. The summed E-state index contributed by atoms with van der Waals surface area (Å²) in [6.07, 6.45) is 3.93. The number of halogens is 2. The van der Waals surface area contributed by atoms with Gasteiger partial charge in [-0.2, -0.15) is 0 Å². The molecule has 0 radical (unpaired) electrons.